The van der Waals surface area contributed by atoms with E-state index in [4.69, 9.17) is 9.62 Å². The van der Waals surface area contributed by atoms with Crippen LogP contribution in [-0.4, -0.2) is 18.9 Å². The summed E-state index contributed by atoms with van der Waals surface area (Å²) >= 11 is 0. The molecule has 1 atom stereocenters. The summed E-state index contributed by atoms with van der Waals surface area (Å²) in [5, 5.41) is 0. The highest BCUT2D eigenvalue weighted by molar-refractivity contribution is 5.58. The first kappa shape index (κ1) is 16.2. The van der Waals surface area contributed by atoms with Crippen LogP contribution in [0.3, 0.4) is 0 Å². The molecule has 0 fully saturated rings. The molecule has 0 amide bonds. The molecule has 0 aliphatic rings. The van der Waals surface area contributed by atoms with Gasteiger partial charge in [0.05, 0.1) is 6.61 Å². The second-order valence-corrected chi connectivity index (χ2v) is 5.35. The van der Waals surface area contributed by atoms with Crippen LogP contribution < -0.4 is 0 Å². The number of unbranched alkanes of at least 4 members (excludes halogenated alkanes) is 3. The molecule has 102 valence electrons. The lowest BCUT2D eigenvalue weighted by molar-refractivity contribution is -0.300. The van der Waals surface area contributed by atoms with Gasteiger partial charge in [0.2, 0.25) is 0 Å². The van der Waals surface area contributed by atoms with Gasteiger partial charge in [-0.2, -0.15) is 4.89 Å². The fraction of sp³-hybridized carbons (Fsp3) is 0.923. The van der Waals surface area contributed by atoms with Crippen molar-refractivity contribution in [1.29, 1.82) is 0 Å². The fourth-order valence-electron chi connectivity index (χ4n) is 0.964. The van der Waals surface area contributed by atoms with E-state index in [1.165, 1.54) is 0 Å². The Morgan fingerprint density at radius 1 is 1.18 bits per heavy atom. The lowest BCUT2D eigenvalue weighted by atomic mass is 9.91. The van der Waals surface area contributed by atoms with Gasteiger partial charge in [0, 0.05) is 0 Å². The molecule has 0 aliphatic heterocycles. The molecule has 4 nitrogen and oxygen atoms in total. The third-order valence-corrected chi connectivity index (χ3v) is 2.70. The minimum Gasteiger partial charge on any atom is -0.432 e. The molecule has 0 bridgehead atoms. The molecule has 0 spiro atoms. The number of hydrogen-bond donors (Lipinski definition) is 0. The summed E-state index contributed by atoms with van der Waals surface area (Å²) in [5.74, 6) is 0. The van der Waals surface area contributed by atoms with Crippen LogP contribution >= 0.6 is 0 Å². The molecule has 0 heterocycles. The summed E-state index contributed by atoms with van der Waals surface area (Å²) in [5.41, 5.74) is -0.0680. The van der Waals surface area contributed by atoms with Crippen molar-refractivity contribution in [2.75, 3.05) is 6.61 Å². The molecule has 0 aromatic heterocycles. The zero-order valence-corrected chi connectivity index (χ0v) is 11.7. The van der Waals surface area contributed by atoms with Gasteiger partial charge in [-0.3, -0.25) is 4.89 Å². The Morgan fingerprint density at radius 2 is 1.82 bits per heavy atom. The van der Waals surface area contributed by atoms with Gasteiger partial charge in [-0.15, -0.1) is 0 Å². The van der Waals surface area contributed by atoms with Crippen molar-refractivity contribution in [2.24, 2.45) is 5.41 Å². The highest BCUT2D eigenvalue weighted by Gasteiger charge is 2.23. The Morgan fingerprint density at radius 3 is 2.35 bits per heavy atom. The van der Waals surface area contributed by atoms with Gasteiger partial charge >= 0.3 is 6.16 Å². The SMILES string of the molecule is CCCCCCOC(=O)OOC(C)C(C)(C)C. The van der Waals surface area contributed by atoms with E-state index >= 15 is 0 Å². The highest BCUT2D eigenvalue weighted by Crippen LogP contribution is 2.21. The number of ether oxygens (including phenoxy) is 1. The van der Waals surface area contributed by atoms with E-state index in [-0.39, 0.29) is 11.5 Å². The fourth-order valence-corrected chi connectivity index (χ4v) is 0.964. The molecule has 0 aromatic carbocycles. The van der Waals surface area contributed by atoms with E-state index in [0.29, 0.717) is 6.61 Å². The van der Waals surface area contributed by atoms with Crippen LogP contribution in [0.2, 0.25) is 0 Å². The zero-order chi connectivity index (χ0) is 13.3. The van der Waals surface area contributed by atoms with Crippen LogP contribution in [0, 0.1) is 5.41 Å². The molecule has 0 aromatic rings. The molecule has 1 unspecified atom stereocenters. The topological polar surface area (TPSA) is 44.8 Å². The van der Waals surface area contributed by atoms with E-state index in [1.54, 1.807) is 0 Å². The van der Waals surface area contributed by atoms with Crippen molar-refractivity contribution < 1.29 is 19.3 Å². The lowest BCUT2D eigenvalue weighted by Gasteiger charge is -2.24. The number of hydrogen-bond acceptors (Lipinski definition) is 4. The smallest absolute Gasteiger partial charge is 0.432 e. The number of carbonyl (C=O) groups excluding carboxylic acids is 1. The van der Waals surface area contributed by atoms with Gasteiger partial charge in [0.1, 0.15) is 6.10 Å². The minimum absolute atomic E-state index is 0.0680. The molecule has 4 heteroatoms. The predicted molar refractivity (Wildman–Crippen MR) is 66.6 cm³/mol. The van der Waals surface area contributed by atoms with Crippen LogP contribution in [0.15, 0.2) is 0 Å². The number of rotatable bonds is 7. The standard InChI is InChI=1S/C13H26O4/c1-6-7-8-9-10-15-12(14)17-16-11(2)13(3,4)5/h11H,6-10H2,1-5H3. The molecule has 0 N–H and O–H groups in total. The third kappa shape index (κ3) is 8.98. The highest BCUT2D eigenvalue weighted by atomic mass is 17.2. The van der Waals surface area contributed by atoms with E-state index < -0.39 is 6.16 Å². The van der Waals surface area contributed by atoms with Crippen molar-refractivity contribution in [1.82, 2.24) is 0 Å². The summed E-state index contributed by atoms with van der Waals surface area (Å²) in [6.07, 6.45) is 3.35. The summed E-state index contributed by atoms with van der Waals surface area (Å²) in [6, 6.07) is 0. The maximum atomic E-state index is 11.1. The first-order chi connectivity index (χ1) is 7.88. The summed E-state index contributed by atoms with van der Waals surface area (Å²) in [4.78, 5) is 20.7. The normalized spacial score (nSPS) is 13.2. The van der Waals surface area contributed by atoms with Gasteiger partial charge in [-0.05, 0) is 18.8 Å². The Labute approximate surface area is 105 Å². The molecular formula is C13H26O4. The van der Waals surface area contributed by atoms with Crippen molar-refractivity contribution >= 4 is 6.16 Å². The van der Waals surface area contributed by atoms with E-state index in [1.807, 2.05) is 27.7 Å². The Hall–Kier alpha value is -0.770. The van der Waals surface area contributed by atoms with Gasteiger partial charge in [0.25, 0.3) is 0 Å². The molecular weight excluding hydrogens is 220 g/mol. The summed E-state index contributed by atoms with van der Waals surface area (Å²) < 4.78 is 4.87. The van der Waals surface area contributed by atoms with Crippen LogP contribution in [0.25, 0.3) is 0 Å². The average Bonchev–Trinajstić information content (AvgIpc) is 2.24. The lowest BCUT2D eigenvalue weighted by Crippen LogP contribution is -2.27. The Bertz CT molecular complexity index is 208. The molecule has 0 saturated heterocycles. The molecule has 0 aliphatic carbocycles. The second-order valence-electron chi connectivity index (χ2n) is 5.35. The third-order valence-electron chi connectivity index (χ3n) is 2.70. The minimum atomic E-state index is -0.752. The first-order valence-corrected chi connectivity index (χ1v) is 6.38. The van der Waals surface area contributed by atoms with Gasteiger partial charge < -0.3 is 4.74 Å². The van der Waals surface area contributed by atoms with E-state index in [9.17, 15) is 4.79 Å². The first-order valence-electron chi connectivity index (χ1n) is 6.38. The van der Waals surface area contributed by atoms with E-state index in [2.05, 4.69) is 11.8 Å². The zero-order valence-electron chi connectivity index (χ0n) is 11.7. The Balaban J connectivity index is 3.53. The van der Waals surface area contributed by atoms with Crippen LogP contribution in [-0.2, 0) is 14.5 Å². The second kappa shape index (κ2) is 8.34. The summed E-state index contributed by atoms with van der Waals surface area (Å²) in [7, 11) is 0. The van der Waals surface area contributed by atoms with Crippen LogP contribution in [0.4, 0.5) is 4.79 Å². The van der Waals surface area contributed by atoms with Gasteiger partial charge in [0.15, 0.2) is 0 Å². The quantitative estimate of drug-likeness (QED) is 0.294. The van der Waals surface area contributed by atoms with Crippen molar-refractivity contribution in [3.05, 3.63) is 0 Å². The van der Waals surface area contributed by atoms with E-state index in [0.717, 1.165) is 25.7 Å². The van der Waals surface area contributed by atoms with Crippen LogP contribution in [0.1, 0.15) is 60.3 Å². The maximum Gasteiger partial charge on any atom is 0.540 e. The molecule has 17 heavy (non-hydrogen) atoms. The number of carbonyl (C=O) groups is 1. The molecule has 0 rings (SSSR count). The van der Waals surface area contributed by atoms with Crippen molar-refractivity contribution in [3.8, 4) is 0 Å². The summed E-state index contributed by atoms with van der Waals surface area (Å²) in [6.45, 7) is 10.4. The van der Waals surface area contributed by atoms with Gasteiger partial charge in [-0.1, -0.05) is 47.0 Å². The largest absolute Gasteiger partial charge is 0.540 e. The van der Waals surface area contributed by atoms with Gasteiger partial charge in [-0.25, -0.2) is 4.79 Å². The van der Waals surface area contributed by atoms with Crippen molar-refractivity contribution in [2.45, 2.75) is 66.4 Å². The maximum absolute atomic E-state index is 11.1. The predicted octanol–water partition coefficient (Wildman–Crippen LogP) is 4.09. The molecule has 0 radical (unpaired) electrons. The van der Waals surface area contributed by atoms with Crippen molar-refractivity contribution in [3.63, 3.8) is 0 Å². The molecule has 0 saturated carbocycles. The van der Waals surface area contributed by atoms with Crippen LogP contribution in [0.5, 0.6) is 0 Å². The average molecular weight is 246 g/mol. The monoisotopic (exact) mass is 246 g/mol. The Kier molecular flexibility index (Phi) is 7.96.